The van der Waals surface area contributed by atoms with Crippen molar-refractivity contribution in [2.45, 2.75) is 26.4 Å². The van der Waals surface area contributed by atoms with Gasteiger partial charge in [0.15, 0.2) is 17.3 Å². The van der Waals surface area contributed by atoms with Crippen molar-refractivity contribution >= 4 is 23.1 Å². The molecule has 0 aliphatic carbocycles. The quantitative estimate of drug-likeness (QED) is 0.501. The van der Waals surface area contributed by atoms with E-state index in [2.05, 4.69) is 33.1 Å². The van der Waals surface area contributed by atoms with Gasteiger partial charge in [0.2, 0.25) is 0 Å². The molecule has 0 aromatic carbocycles. The molecule has 140 valence electrons. The van der Waals surface area contributed by atoms with Crippen LogP contribution in [0, 0.1) is 12.7 Å². The van der Waals surface area contributed by atoms with E-state index in [0.29, 0.717) is 5.82 Å². The maximum absolute atomic E-state index is 14.7. The van der Waals surface area contributed by atoms with Gasteiger partial charge in [-0.1, -0.05) is 6.07 Å². The average molecular weight is 391 g/mol. The number of pyridine rings is 2. The molecule has 0 spiro atoms. The number of aromatic nitrogens is 4. The van der Waals surface area contributed by atoms with Gasteiger partial charge in [-0.05, 0) is 54.6 Å². The molecule has 0 radical (unpaired) electrons. The third-order valence-corrected chi connectivity index (χ3v) is 6.25. The number of hydrogen-bond donors (Lipinski definition) is 0. The van der Waals surface area contributed by atoms with E-state index in [1.807, 2.05) is 42.9 Å². The average Bonchev–Trinajstić information content (AvgIpc) is 3.33. The second-order valence-corrected chi connectivity index (χ2v) is 7.89. The Morgan fingerprint density at radius 3 is 2.96 bits per heavy atom. The van der Waals surface area contributed by atoms with Crippen LogP contribution < -0.4 is 0 Å². The fraction of sp³-hybridized carbons (Fsp3) is 0.190. The number of hydrogen-bond acceptors (Lipinski definition) is 5. The molecule has 28 heavy (non-hydrogen) atoms. The van der Waals surface area contributed by atoms with Gasteiger partial charge in [0.1, 0.15) is 0 Å². The van der Waals surface area contributed by atoms with E-state index in [4.69, 9.17) is 0 Å². The van der Waals surface area contributed by atoms with E-state index in [-0.39, 0.29) is 17.5 Å². The number of fused-ring (bicyclic) bond motifs is 2. The molecule has 1 aliphatic rings. The van der Waals surface area contributed by atoms with Crippen LogP contribution in [0.15, 0.2) is 48.2 Å². The molecule has 0 bridgehead atoms. The zero-order valence-corrected chi connectivity index (χ0v) is 16.3. The monoisotopic (exact) mass is 391 g/mol. The Balaban J connectivity index is 1.56. The highest BCUT2D eigenvalue weighted by Crippen LogP contribution is 2.32. The second-order valence-electron chi connectivity index (χ2n) is 6.97. The van der Waals surface area contributed by atoms with Crippen molar-refractivity contribution in [2.24, 2.45) is 0 Å². The van der Waals surface area contributed by atoms with Gasteiger partial charge in [-0.2, -0.15) is 0 Å². The molecule has 1 atom stereocenters. The van der Waals surface area contributed by atoms with Crippen molar-refractivity contribution in [3.63, 3.8) is 0 Å². The summed E-state index contributed by atoms with van der Waals surface area (Å²) in [7, 11) is 0. The lowest BCUT2D eigenvalue weighted by molar-refractivity contribution is 0.276. The van der Waals surface area contributed by atoms with Crippen LogP contribution in [0.4, 0.5) is 4.39 Å². The molecule has 0 fully saturated rings. The van der Waals surface area contributed by atoms with Gasteiger partial charge in [0.25, 0.3) is 0 Å². The van der Waals surface area contributed by atoms with Crippen molar-refractivity contribution in [1.82, 2.24) is 24.5 Å². The van der Waals surface area contributed by atoms with Crippen LogP contribution >= 0.6 is 11.3 Å². The summed E-state index contributed by atoms with van der Waals surface area (Å²) in [5.74, 6) is 0.349. The van der Waals surface area contributed by atoms with Crippen molar-refractivity contribution < 1.29 is 4.39 Å². The first-order valence-corrected chi connectivity index (χ1v) is 9.96. The van der Waals surface area contributed by atoms with Crippen LogP contribution in [0.2, 0.25) is 0 Å². The minimum Gasteiger partial charge on any atom is -0.363 e. The lowest BCUT2D eigenvalue weighted by Crippen LogP contribution is -2.25. The Morgan fingerprint density at radius 2 is 2.14 bits per heavy atom. The molecule has 5 nitrogen and oxygen atoms in total. The van der Waals surface area contributed by atoms with Crippen LogP contribution in [-0.4, -0.2) is 24.5 Å². The highest BCUT2D eigenvalue weighted by atomic mass is 32.1. The summed E-state index contributed by atoms with van der Waals surface area (Å²) >= 11 is 1.61. The Bertz CT molecular complexity index is 1210. The van der Waals surface area contributed by atoms with E-state index in [0.717, 1.165) is 33.8 Å². The molecule has 5 rings (SSSR count). The van der Waals surface area contributed by atoms with Crippen LogP contribution in [0.1, 0.15) is 35.6 Å². The Labute approximate surface area is 165 Å². The molecule has 4 aromatic heterocycles. The molecule has 1 aliphatic heterocycles. The van der Waals surface area contributed by atoms with Gasteiger partial charge in [-0.3, -0.25) is 9.38 Å². The predicted octanol–water partition coefficient (Wildman–Crippen LogP) is 4.85. The molecule has 0 saturated carbocycles. The topological polar surface area (TPSA) is 46.3 Å². The number of aryl methyl sites for hydroxylation is 1. The maximum Gasteiger partial charge on any atom is 0.197 e. The molecule has 7 heteroatoms. The highest BCUT2D eigenvalue weighted by Gasteiger charge is 2.23. The third kappa shape index (κ3) is 2.70. The van der Waals surface area contributed by atoms with Crippen LogP contribution in [0.5, 0.6) is 0 Å². The van der Waals surface area contributed by atoms with Gasteiger partial charge in [-0.25, -0.2) is 4.39 Å². The third-order valence-electron chi connectivity index (χ3n) is 5.18. The minimum absolute atomic E-state index is 0.0707. The summed E-state index contributed by atoms with van der Waals surface area (Å²) in [5, 5.41) is 10.4. The largest absolute Gasteiger partial charge is 0.363 e. The fourth-order valence-electron chi connectivity index (χ4n) is 3.61. The normalized spacial score (nSPS) is 14.5. The predicted molar refractivity (Wildman–Crippen MR) is 108 cm³/mol. The van der Waals surface area contributed by atoms with E-state index < -0.39 is 0 Å². The standard InChI is InChI=1S/C21H18FN5S/c1-13-6-9-28-19(13)16-10-17(22)21-25-24-20(27(21)12-16)14(2)26-8-5-18-15(11-26)4-3-7-23-18/h3-10,12,14H,11H2,1-2H3/t14-/m1/s1. The summed E-state index contributed by atoms with van der Waals surface area (Å²) in [6, 6.07) is 7.53. The molecular weight excluding hydrogens is 373 g/mol. The minimum atomic E-state index is -0.361. The summed E-state index contributed by atoms with van der Waals surface area (Å²) in [5.41, 5.74) is 4.37. The smallest absolute Gasteiger partial charge is 0.197 e. The van der Waals surface area contributed by atoms with E-state index >= 15 is 0 Å². The molecule has 0 N–H and O–H groups in total. The zero-order chi connectivity index (χ0) is 19.3. The summed E-state index contributed by atoms with van der Waals surface area (Å²) in [6.45, 7) is 4.82. The highest BCUT2D eigenvalue weighted by molar-refractivity contribution is 7.13. The van der Waals surface area contributed by atoms with Crippen molar-refractivity contribution in [1.29, 1.82) is 0 Å². The van der Waals surface area contributed by atoms with Crippen molar-refractivity contribution in [3.05, 3.63) is 76.7 Å². The van der Waals surface area contributed by atoms with Crippen molar-refractivity contribution in [2.75, 3.05) is 0 Å². The Morgan fingerprint density at radius 1 is 1.25 bits per heavy atom. The number of halogens is 1. The SMILES string of the molecule is Cc1ccsc1-c1cc(F)c2nnc([C@@H](C)N3C=Cc4ncccc4C3)n2c1. The lowest BCUT2D eigenvalue weighted by atomic mass is 10.1. The summed E-state index contributed by atoms with van der Waals surface area (Å²) in [6.07, 6.45) is 7.75. The Kier molecular flexibility index (Phi) is 3.98. The number of thiophene rings is 1. The van der Waals surface area contributed by atoms with Gasteiger partial charge >= 0.3 is 0 Å². The zero-order valence-electron chi connectivity index (χ0n) is 15.5. The fourth-order valence-corrected chi connectivity index (χ4v) is 4.52. The lowest BCUT2D eigenvalue weighted by Gasteiger charge is -2.29. The maximum atomic E-state index is 14.7. The molecule has 0 amide bonds. The molecular formula is C21H18FN5S. The van der Waals surface area contributed by atoms with Crippen molar-refractivity contribution in [3.8, 4) is 10.4 Å². The first-order chi connectivity index (χ1) is 13.6. The van der Waals surface area contributed by atoms with E-state index in [1.165, 1.54) is 0 Å². The van der Waals surface area contributed by atoms with Gasteiger partial charge < -0.3 is 4.90 Å². The molecule has 0 unspecified atom stereocenters. The van der Waals surface area contributed by atoms with E-state index in [1.54, 1.807) is 28.0 Å². The Hall–Kier alpha value is -3.06. The molecule has 5 heterocycles. The first kappa shape index (κ1) is 17.1. The number of nitrogens with zero attached hydrogens (tertiary/aromatic N) is 5. The molecule has 0 saturated heterocycles. The summed E-state index contributed by atoms with van der Waals surface area (Å²) < 4.78 is 16.5. The van der Waals surface area contributed by atoms with Crippen LogP contribution in [-0.2, 0) is 6.54 Å². The summed E-state index contributed by atoms with van der Waals surface area (Å²) in [4.78, 5) is 7.62. The van der Waals surface area contributed by atoms with Gasteiger partial charge in [-0.15, -0.1) is 21.5 Å². The van der Waals surface area contributed by atoms with E-state index in [9.17, 15) is 4.39 Å². The van der Waals surface area contributed by atoms with Crippen LogP contribution in [0.3, 0.4) is 0 Å². The second kappa shape index (κ2) is 6.53. The van der Waals surface area contributed by atoms with Gasteiger partial charge in [0.05, 0.1) is 11.7 Å². The van der Waals surface area contributed by atoms with Crippen LogP contribution in [0.25, 0.3) is 22.2 Å². The first-order valence-electron chi connectivity index (χ1n) is 9.08. The number of rotatable bonds is 3. The van der Waals surface area contributed by atoms with Gasteiger partial charge in [0, 0.05) is 35.6 Å². The molecule has 4 aromatic rings.